The van der Waals surface area contributed by atoms with Crippen molar-refractivity contribution < 1.29 is 4.79 Å². The van der Waals surface area contributed by atoms with Crippen molar-refractivity contribution in [2.75, 3.05) is 38.1 Å². The highest BCUT2D eigenvalue weighted by Crippen LogP contribution is 2.16. The lowest BCUT2D eigenvalue weighted by Gasteiger charge is -2.32. The molecule has 2 aromatic heterocycles. The molecule has 1 saturated heterocycles. The molecule has 2 N–H and O–H groups in total. The number of likely N-dealkylation sites (N-methyl/N-ethyl adjacent to an activating group) is 1. The number of fused-ring (bicyclic) bond motifs is 1. The van der Waals surface area contributed by atoms with Crippen LogP contribution >= 0.6 is 0 Å². The summed E-state index contributed by atoms with van der Waals surface area (Å²) in [4.78, 5) is 40.9. The molecular weight excluding hydrogens is 368 g/mol. The van der Waals surface area contributed by atoms with Crippen LogP contribution in [0.25, 0.3) is 10.9 Å². The fourth-order valence-electron chi connectivity index (χ4n) is 3.42. The number of nitrogens with zero attached hydrogens (tertiary/aromatic N) is 4. The number of anilines is 1. The number of rotatable bonds is 4. The number of benzene rings is 1. The Kier molecular flexibility index (Phi) is 5.26. The van der Waals surface area contributed by atoms with Crippen LogP contribution in [-0.4, -0.2) is 59.0 Å². The zero-order valence-electron chi connectivity index (χ0n) is 16.6. The highest BCUT2D eigenvalue weighted by Gasteiger charge is 2.19. The summed E-state index contributed by atoms with van der Waals surface area (Å²) in [6, 6.07) is 10.2. The molecule has 1 aromatic carbocycles. The largest absolute Gasteiger partial charge is 0.344 e. The quantitative estimate of drug-likeness (QED) is 0.700. The van der Waals surface area contributed by atoms with Crippen LogP contribution in [0.1, 0.15) is 29.0 Å². The molecule has 0 radical (unpaired) electrons. The normalized spacial score (nSPS) is 16.0. The van der Waals surface area contributed by atoms with Crippen LogP contribution in [0.15, 0.2) is 47.4 Å². The van der Waals surface area contributed by atoms with E-state index in [4.69, 9.17) is 0 Å². The molecule has 8 heteroatoms. The van der Waals surface area contributed by atoms with E-state index in [0.29, 0.717) is 17.2 Å². The summed E-state index contributed by atoms with van der Waals surface area (Å²) in [6.07, 6.45) is 1.72. The minimum atomic E-state index is -0.402. The number of carbonyl (C=O) groups is 1. The first kappa shape index (κ1) is 19.1. The smallest absolute Gasteiger partial charge is 0.252 e. The Bertz CT molecular complexity index is 1090. The Balaban J connectivity index is 1.52. The van der Waals surface area contributed by atoms with Crippen LogP contribution < -0.4 is 15.8 Å². The van der Waals surface area contributed by atoms with Crippen molar-refractivity contribution in [3.05, 3.63) is 64.2 Å². The van der Waals surface area contributed by atoms with Crippen molar-refractivity contribution >= 4 is 22.8 Å². The monoisotopic (exact) mass is 392 g/mol. The number of carbonyl (C=O) groups excluding carboxylic acids is 1. The molecule has 0 unspecified atom stereocenters. The number of amides is 1. The number of H-pyrrole nitrogens is 1. The van der Waals surface area contributed by atoms with Gasteiger partial charge in [-0.05, 0) is 38.2 Å². The van der Waals surface area contributed by atoms with Gasteiger partial charge in [0.1, 0.15) is 0 Å². The van der Waals surface area contributed by atoms with Crippen LogP contribution in [0.5, 0.6) is 0 Å². The van der Waals surface area contributed by atoms with Gasteiger partial charge in [0.2, 0.25) is 5.95 Å². The summed E-state index contributed by atoms with van der Waals surface area (Å²) < 4.78 is 0. The van der Waals surface area contributed by atoms with Gasteiger partial charge < -0.3 is 15.1 Å². The van der Waals surface area contributed by atoms with E-state index in [9.17, 15) is 9.59 Å². The van der Waals surface area contributed by atoms with Gasteiger partial charge in [0.25, 0.3) is 11.5 Å². The van der Waals surface area contributed by atoms with E-state index in [2.05, 4.69) is 37.1 Å². The molecule has 1 atom stereocenters. The lowest BCUT2D eigenvalue weighted by Crippen LogP contribution is -2.45. The fraction of sp³-hybridized carbons (Fsp3) is 0.333. The van der Waals surface area contributed by atoms with Gasteiger partial charge in [-0.1, -0.05) is 6.07 Å². The average Bonchev–Trinajstić information content (AvgIpc) is 2.73. The van der Waals surface area contributed by atoms with Crippen molar-refractivity contribution in [1.82, 2.24) is 25.2 Å². The first-order valence-corrected chi connectivity index (χ1v) is 9.70. The standard InChI is InChI=1S/C21H24N6O2/c1-14(23-20(29)16-5-6-17-15(12-16)4-3-7-22-17)18-13-19(28)25-21(24-18)27-10-8-26(2)9-11-27/h3-7,12-14H,8-11H2,1-2H3,(H,23,29)(H,24,25,28)/t14-/m1/s1. The van der Waals surface area contributed by atoms with Crippen LogP contribution in [-0.2, 0) is 0 Å². The molecule has 3 aromatic rings. The lowest BCUT2D eigenvalue weighted by molar-refractivity contribution is 0.0939. The minimum absolute atomic E-state index is 0.216. The number of piperazine rings is 1. The van der Waals surface area contributed by atoms with E-state index >= 15 is 0 Å². The summed E-state index contributed by atoms with van der Waals surface area (Å²) in [5, 5.41) is 3.84. The van der Waals surface area contributed by atoms with Gasteiger partial charge in [0.05, 0.1) is 17.3 Å². The van der Waals surface area contributed by atoms with Crippen molar-refractivity contribution in [3.63, 3.8) is 0 Å². The number of pyridine rings is 1. The summed E-state index contributed by atoms with van der Waals surface area (Å²) in [5.41, 5.74) is 1.70. The van der Waals surface area contributed by atoms with Crippen molar-refractivity contribution in [1.29, 1.82) is 0 Å². The Morgan fingerprint density at radius 1 is 1.17 bits per heavy atom. The second-order valence-electron chi connectivity index (χ2n) is 7.39. The van der Waals surface area contributed by atoms with E-state index in [1.54, 1.807) is 12.3 Å². The second kappa shape index (κ2) is 8.00. The SMILES string of the molecule is C[C@@H](NC(=O)c1ccc2ncccc2c1)c1cc(=O)[nH]c(N2CCN(C)CC2)n1. The van der Waals surface area contributed by atoms with Crippen LogP contribution in [0.2, 0.25) is 0 Å². The molecule has 150 valence electrons. The predicted molar refractivity (Wildman–Crippen MR) is 112 cm³/mol. The lowest BCUT2D eigenvalue weighted by atomic mass is 10.1. The second-order valence-corrected chi connectivity index (χ2v) is 7.39. The highest BCUT2D eigenvalue weighted by molar-refractivity contribution is 5.98. The molecule has 0 bridgehead atoms. The van der Waals surface area contributed by atoms with E-state index in [0.717, 1.165) is 37.1 Å². The molecule has 0 aliphatic carbocycles. The molecule has 0 saturated carbocycles. The van der Waals surface area contributed by atoms with Crippen molar-refractivity contribution in [2.24, 2.45) is 0 Å². The minimum Gasteiger partial charge on any atom is -0.344 e. The van der Waals surface area contributed by atoms with Crippen LogP contribution in [0, 0.1) is 0 Å². The number of aromatic amines is 1. The predicted octanol–water partition coefficient (Wildman–Crippen LogP) is 1.56. The maximum Gasteiger partial charge on any atom is 0.252 e. The number of hydrogen-bond donors (Lipinski definition) is 2. The molecule has 1 amide bonds. The van der Waals surface area contributed by atoms with Crippen LogP contribution in [0.4, 0.5) is 5.95 Å². The van der Waals surface area contributed by atoms with E-state index < -0.39 is 6.04 Å². The fourth-order valence-corrected chi connectivity index (χ4v) is 3.42. The summed E-state index contributed by atoms with van der Waals surface area (Å²) in [5.74, 6) is 0.338. The molecule has 1 aliphatic heterocycles. The third-order valence-electron chi connectivity index (χ3n) is 5.21. The third kappa shape index (κ3) is 4.27. The molecule has 1 fully saturated rings. The number of hydrogen-bond acceptors (Lipinski definition) is 6. The zero-order valence-corrected chi connectivity index (χ0v) is 16.6. The van der Waals surface area contributed by atoms with Gasteiger partial charge in [0.15, 0.2) is 0 Å². The molecule has 3 heterocycles. The number of aromatic nitrogens is 3. The van der Waals surface area contributed by atoms with Gasteiger partial charge in [-0.25, -0.2) is 4.98 Å². The molecule has 8 nitrogen and oxygen atoms in total. The third-order valence-corrected chi connectivity index (χ3v) is 5.21. The first-order valence-electron chi connectivity index (χ1n) is 9.70. The van der Waals surface area contributed by atoms with Gasteiger partial charge in [-0.3, -0.25) is 19.6 Å². The van der Waals surface area contributed by atoms with Gasteiger partial charge in [0, 0.05) is 49.4 Å². The van der Waals surface area contributed by atoms with Crippen molar-refractivity contribution in [2.45, 2.75) is 13.0 Å². The number of nitrogens with one attached hydrogen (secondary N) is 2. The maximum absolute atomic E-state index is 12.7. The summed E-state index contributed by atoms with van der Waals surface area (Å²) in [7, 11) is 2.07. The van der Waals surface area contributed by atoms with E-state index in [-0.39, 0.29) is 11.5 Å². The molecule has 4 rings (SSSR count). The molecule has 29 heavy (non-hydrogen) atoms. The average molecular weight is 392 g/mol. The highest BCUT2D eigenvalue weighted by atomic mass is 16.1. The Morgan fingerprint density at radius 3 is 2.76 bits per heavy atom. The molecule has 0 spiro atoms. The van der Waals surface area contributed by atoms with Crippen LogP contribution in [0.3, 0.4) is 0 Å². The Labute approximate surface area is 168 Å². The topological polar surface area (TPSA) is 94.2 Å². The molecular formula is C21H24N6O2. The van der Waals surface area contributed by atoms with Gasteiger partial charge in [-0.15, -0.1) is 0 Å². The van der Waals surface area contributed by atoms with E-state index in [1.807, 2.05) is 31.2 Å². The Morgan fingerprint density at radius 2 is 1.97 bits per heavy atom. The molecule has 1 aliphatic rings. The van der Waals surface area contributed by atoms with Gasteiger partial charge >= 0.3 is 0 Å². The first-order chi connectivity index (χ1) is 14.0. The Hall–Kier alpha value is -3.26. The van der Waals surface area contributed by atoms with Gasteiger partial charge in [-0.2, -0.15) is 0 Å². The summed E-state index contributed by atoms with van der Waals surface area (Å²) >= 11 is 0. The van der Waals surface area contributed by atoms with E-state index in [1.165, 1.54) is 6.07 Å². The maximum atomic E-state index is 12.7. The summed E-state index contributed by atoms with van der Waals surface area (Å²) in [6.45, 7) is 5.26. The zero-order chi connectivity index (χ0) is 20.4. The van der Waals surface area contributed by atoms with Crippen molar-refractivity contribution in [3.8, 4) is 0 Å².